The first-order valence-electron chi connectivity index (χ1n) is 8.44. The zero-order valence-corrected chi connectivity index (χ0v) is 14.0. The number of carbonyl (C=O) groups is 1. The number of likely N-dealkylation sites (N-methyl/N-ethyl adjacent to an activating group) is 1. The quantitative estimate of drug-likeness (QED) is 0.734. The first-order valence-corrected chi connectivity index (χ1v) is 8.44. The maximum absolute atomic E-state index is 13.6. The lowest BCUT2D eigenvalue weighted by Gasteiger charge is -2.43. The van der Waals surface area contributed by atoms with Crippen LogP contribution in [-0.4, -0.2) is 47.2 Å². The smallest absolute Gasteiger partial charge is 0.317 e. The second kappa shape index (κ2) is 8.41. The molecular weight excluding hydrogens is 295 g/mol. The molecule has 0 amide bonds. The first kappa shape index (κ1) is 17.9. The number of benzene rings is 1. The van der Waals surface area contributed by atoms with E-state index in [1.807, 2.05) is 24.0 Å². The Hall–Kier alpha value is -1.46. The van der Waals surface area contributed by atoms with Crippen LogP contribution in [0.4, 0.5) is 4.39 Å². The second-order valence-electron chi connectivity index (χ2n) is 6.48. The summed E-state index contributed by atoms with van der Waals surface area (Å²) in [5, 5.41) is 12.5. The van der Waals surface area contributed by atoms with Crippen molar-refractivity contribution >= 4 is 5.97 Å². The average molecular weight is 322 g/mol. The predicted octanol–water partition coefficient (Wildman–Crippen LogP) is 2.67. The van der Waals surface area contributed by atoms with Gasteiger partial charge in [0, 0.05) is 18.1 Å². The molecule has 0 spiro atoms. The highest BCUT2D eigenvalue weighted by Gasteiger charge is 2.34. The van der Waals surface area contributed by atoms with Gasteiger partial charge in [0.2, 0.25) is 0 Å². The summed E-state index contributed by atoms with van der Waals surface area (Å²) in [5.74, 6) is -0.891. The van der Waals surface area contributed by atoms with Gasteiger partial charge in [-0.15, -0.1) is 0 Å². The highest BCUT2D eigenvalue weighted by atomic mass is 19.1. The summed E-state index contributed by atoms with van der Waals surface area (Å²) in [6.07, 6.45) is 3.61. The van der Waals surface area contributed by atoms with E-state index >= 15 is 0 Å². The van der Waals surface area contributed by atoms with E-state index in [0.29, 0.717) is 18.1 Å². The molecular formula is C18H27FN2O2. The molecule has 1 unspecified atom stereocenters. The van der Waals surface area contributed by atoms with E-state index in [2.05, 4.69) is 12.2 Å². The molecule has 2 N–H and O–H groups in total. The fourth-order valence-electron chi connectivity index (χ4n) is 3.25. The van der Waals surface area contributed by atoms with Gasteiger partial charge in [-0.3, -0.25) is 9.69 Å². The van der Waals surface area contributed by atoms with Crippen molar-refractivity contribution in [3.8, 4) is 0 Å². The Balaban J connectivity index is 1.68. The maximum atomic E-state index is 13.6. The lowest BCUT2D eigenvalue weighted by atomic mass is 9.84. The Labute approximate surface area is 137 Å². The molecule has 1 atom stereocenters. The zero-order valence-electron chi connectivity index (χ0n) is 14.0. The van der Waals surface area contributed by atoms with E-state index in [-0.39, 0.29) is 12.4 Å². The lowest BCUT2D eigenvalue weighted by molar-refractivity contribution is -0.139. The third kappa shape index (κ3) is 5.29. The molecule has 128 valence electrons. The molecule has 1 aromatic carbocycles. The molecule has 5 heteroatoms. The second-order valence-corrected chi connectivity index (χ2v) is 6.48. The highest BCUT2D eigenvalue weighted by Crippen LogP contribution is 2.26. The van der Waals surface area contributed by atoms with Gasteiger partial charge in [-0.25, -0.2) is 4.39 Å². The van der Waals surface area contributed by atoms with Gasteiger partial charge in [-0.1, -0.05) is 25.1 Å². The van der Waals surface area contributed by atoms with Crippen molar-refractivity contribution in [1.29, 1.82) is 0 Å². The molecule has 0 aliphatic heterocycles. The van der Waals surface area contributed by atoms with Crippen LogP contribution < -0.4 is 5.32 Å². The van der Waals surface area contributed by atoms with Crippen LogP contribution in [0.25, 0.3) is 0 Å². The van der Waals surface area contributed by atoms with Gasteiger partial charge in [0.15, 0.2) is 0 Å². The molecule has 1 fully saturated rings. The van der Waals surface area contributed by atoms with E-state index in [1.54, 1.807) is 6.07 Å². The van der Waals surface area contributed by atoms with Gasteiger partial charge in [-0.05, 0) is 50.8 Å². The Morgan fingerprint density at radius 2 is 2.13 bits per heavy atom. The number of carboxylic acids is 1. The minimum Gasteiger partial charge on any atom is -0.480 e. The number of nitrogens with zero attached hydrogens (tertiary/aromatic N) is 1. The van der Waals surface area contributed by atoms with E-state index < -0.39 is 5.97 Å². The lowest BCUT2D eigenvalue weighted by Crippen LogP contribution is -2.55. The molecule has 0 bridgehead atoms. The fraction of sp³-hybridized carbons (Fsp3) is 0.611. The molecule has 4 nitrogen and oxygen atoms in total. The van der Waals surface area contributed by atoms with Gasteiger partial charge in [-0.2, -0.15) is 0 Å². The van der Waals surface area contributed by atoms with Crippen molar-refractivity contribution < 1.29 is 14.3 Å². The summed E-state index contributed by atoms with van der Waals surface area (Å²) in [7, 11) is 0. The number of rotatable bonds is 9. The van der Waals surface area contributed by atoms with Crippen LogP contribution in [0.3, 0.4) is 0 Å². The molecule has 1 aliphatic rings. The summed E-state index contributed by atoms with van der Waals surface area (Å²) in [4.78, 5) is 12.9. The van der Waals surface area contributed by atoms with Crippen LogP contribution in [0.2, 0.25) is 0 Å². The number of hydrogen-bond acceptors (Lipinski definition) is 3. The van der Waals surface area contributed by atoms with Crippen molar-refractivity contribution in [2.75, 3.05) is 13.1 Å². The summed E-state index contributed by atoms with van der Waals surface area (Å²) < 4.78 is 13.6. The molecule has 0 radical (unpaired) electrons. The molecule has 2 rings (SSSR count). The Kier molecular flexibility index (Phi) is 6.54. The number of aryl methyl sites for hydroxylation is 1. The number of aliphatic carboxylic acids is 1. The largest absolute Gasteiger partial charge is 0.480 e. The summed E-state index contributed by atoms with van der Waals surface area (Å²) in [6.45, 7) is 5.02. The van der Waals surface area contributed by atoms with Crippen LogP contribution in [0.1, 0.15) is 38.7 Å². The number of carboxylic acid groups (broad SMARTS) is 1. The summed E-state index contributed by atoms with van der Waals surface area (Å²) in [5.41, 5.74) is 0.770. The molecule has 0 heterocycles. The highest BCUT2D eigenvalue weighted by molar-refractivity contribution is 5.69. The standard InChI is InChI=1S/C18H27FN2O2/c1-3-21(12-18(22)23)16-10-15(11-16)20-13(2)8-9-14-6-4-5-7-17(14)19/h4-7,13,15-16,20H,3,8-12H2,1-2H3,(H,22,23). The third-order valence-corrected chi connectivity index (χ3v) is 4.70. The Morgan fingerprint density at radius 3 is 2.74 bits per heavy atom. The van der Waals surface area contributed by atoms with Crippen molar-refractivity contribution in [3.63, 3.8) is 0 Å². The minimum absolute atomic E-state index is 0.122. The maximum Gasteiger partial charge on any atom is 0.317 e. The molecule has 23 heavy (non-hydrogen) atoms. The van der Waals surface area contributed by atoms with Gasteiger partial charge in [0.1, 0.15) is 5.82 Å². The molecule has 0 aromatic heterocycles. The van der Waals surface area contributed by atoms with Gasteiger partial charge in [0.05, 0.1) is 6.54 Å². The van der Waals surface area contributed by atoms with Crippen molar-refractivity contribution in [2.24, 2.45) is 0 Å². The predicted molar refractivity (Wildman–Crippen MR) is 89.0 cm³/mol. The third-order valence-electron chi connectivity index (χ3n) is 4.70. The first-order chi connectivity index (χ1) is 11.0. The van der Waals surface area contributed by atoms with Crippen LogP contribution in [0.15, 0.2) is 24.3 Å². The normalized spacial score (nSPS) is 21.9. The van der Waals surface area contributed by atoms with Crippen molar-refractivity contribution in [1.82, 2.24) is 10.2 Å². The molecule has 1 aliphatic carbocycles. The fourth-order valence-corrected chi connectivity index (χ4v) is 3.25. The van der Waals surface area contributed by atoms with Crippen LogP contribution in [0, 0.1) is 5.82 Å². The number of nitrogens with one attached hydrogen (secondary N) is 1. The summed E-state index contributed by atoms with van der Waals surface area (Å²) >= 11 is 0. The topological polar surface area (TPSA) is 52.6 Å². The van der Waals surface area contributed by atoms with Gasteiger partial charge < -0.3 is 10.4 Å². The zero-order chi connectivity index (χ0) is 16.8. The molecule has 0 saturated heterocycles. The van der Waals surface area contributed by atoms with Gasteiger partial charge in [0.25, 0.3) is 0 Å². The van der Waals surface area contributed by atoms with Crippen LogP contribution in [-0.2, 0) is 11.2 Å². The minimum atomic E-state index is -0.762. The van der Waals surface area contributed by atoms with Crippen molar-refractivity contribution in [2.45, 2.75) is 57.7 Å². The van der Waals surface area contributed by atoms with E-state index in [9.17, 15) is 9.18 Å². The number of hydrogen-bond donors (Lipinski definition) is 2. The average Bonchev–Trinajstić information content (AvgIpc) is 2.47. The van der Waals surface area contributed by atoms with Gasteiger partial charge >= 0.3 is 5.97 Å². The Morgan fingerprint density at radius 1 is 1.43 bits per heavy atom. The SMILES string of the molecule is CCN(CC(=O)O)C1CC(NC(C)CCc2ccccc2F)C1. The van der Waals surface area contributed by atoms with Crippen LogP contribution in [0.5, 0.6) is 0 Å². The van der Waals surface area contributed by atoms with E-state index in [0.717, 1.165) is 37.8 Å². The monoisotopic (exact) mass is 322 g/mol. The van der Waals surface area contributed by atoms with Crippen LogP contribution >= 0.6 is 0 Å². The molecule has 1 aromatic rings. The van der Waals surface area contributed by atoms with E-state index in [1.165, 1.54) is 6.07 Å². The summed E-state index contributed by atoms with van der Waals surface area (Å²) in [6, 6.07) is 8.07. The number of halogens is 1. The Bertz CT molecular complexity index is 517. The molecule has 1 saturated carbocycles. The van der Waals surface area contributed by atoms with E-state index in [4.69, 9.17) is 5.11 Å². The van der Waals surface area contributed by atoms with Crippen molar-refractivity contribution in [3.05, 3.63) is 35.6 Å².